The van der Waals surface area contributed by atoms with Gasteiger partial charge < -0.3 is 14.4 Å². The Bertz CT molecular complexity index is 808. The minimum Gasteiger partial charge on any atom is -0.455 e. The molecule has 1 aromatic rings. The largest absolute Gasteiger partial charge is 0.455 e. The molecular weight excluding hydrogens is 386 g/mol. The Morgan fingerprint density at radius 1 is 1.07 bits per heavy atom. The molecule has 2 amide bonds. The molecule has 162 valence electrons. The number of amides is 2. The van der Waals surface area contributed by atoms with Crippen molar-refractivity contribution in [1.29, 1.82) is 0 Å². The average Bonchev–Trinajstić information content (AvgIpc) is 3.22. The van der Waals surface area contributed by atoms with Crippen molar-refractivity contribution < 1.29 is 23.9 Å². The van der Waals surface area contributed by atoms with Gasteiger partial charge in [0.1, 0.15) is 5.60 Å². The van der Waals surface area contributed by atoms with E-state index < -0.39 is 11.6 Å². The predicted molar refractivity (Wildman–Crippen MR) is 111 cm³/mol. The first-order chi connectivity index (χ1) is 14.2. The molecule has 0 N–H and O–H groups in total. The lowest BCUT2D eigenvalue weighted by Gasteiger charge is -2.32. The van der Waals surface area contributed by atoms with Crippen LogP contribution in [0.3, 0.4) is 0 Å². The third-order valence-electron chi connectivity index (χ3n) is 5.01. The maximum atomic E-state index is 12.4. The molecule has 0 spiro atoms. The molecule has 0 unspecified atom stereocenters. The molecule has 0 saturated carbocycles. The van der Waals surface area contributed by atoms with Crippen LogP contribution in [-0.2, 0) is 19.1 Å². The van der Waals surface area contributed by atoms with E-state index in [2.05, 4.69) is 5.10 Å². The van der Waals surface area contributed by atoms with E-state index in [0.29, 0.717) is 38.9 Å². The Hall–Kier alpha value is -2.90. The number of benzene rings is 1. The van der Waals surface area contributed by atoms with E-state index in [4.69, 9.17) is 9.47 Å². The standard InChI is InChI=1S/C22H29N3O5/c1-22(2,3)30-21(28)24-12-9-17(10-13-24)20(27)29-15-19(26)25-14-11-18(23-25)16-7-5-4-6-8-16/h4-8,17H,9-15H2,1-3H3. The van der Waals surface area contributed by atoms with Crippen LogP contribution in [0.15, 0.2) is 35.4 Å². The number of likely N-dealkylation sites (tertiary alicyclic amines) is 1. The topological polar surface area (TPSA) is 88.5 Å². The molecule has 3 rings (SSSR count). The van der Waals surface area contributed by atoms with Crippen molar-refractivity contribution in [2.24, 2.45) is 11.0 Å². The third kappa shape index (κ3) is 5.81. The summed E-state index contributed by atoms with van der Waals surface area (Å²) in [5.74, 6) is -1.06. The molecule has 2 aliphatic heterocycles. The second-order valence-electron chi connectivity index (χ2n) is 8.53. The van der Waals surface area contributed by atoms with Crippen LogP contribution < -0.4 is 0 Å². The fraction of sp³-hybridized carbons (Fsp3) is 0.545. The smallest absolute Gasteiger partial charge is 0.410 e. The fourth-order valence-corrected chi connectivity index (χ4v) is 3.42. The summed E-state index contributed by atoms with van der Waals surface area (Å²) in [5, 5.41) is 5.72. The van der Waals surface area contributed by atoms with Gasteiger partial charge in [0.05, 0.1) is 18.2 Å². The summed E-state index contributed by atoms with van der Waals surface area (Å²) in [4.78, 5) is 38.4. The molecule has 1 saturated heterocycles. The molecule has 1 fully saturated rings. The lowest BCUT2D eigenvalue weighted by atomic mass is 9.97. The highest BCUT2D eigenvalue weighted by molar-refractivity contribution is 6.02. The number of carbonyl (C=O) groups is 3. The summed E-state index contributed by atoms with van der Waals surface area (Å²) in [6.07, 6.45) is 1.29. The molecule has 1 aromatic carbocycles. The molecule has 0 atom stereocenters. The molecule has 2 heterocycles. The molecule has 8 nitrogen and oxygen atoms in total. The van der Waals surface area contributed by atoms with Crippen molar-refractivity contribution in [2.75, 3.05) is 26.2 Å². The summed E-state index contributed by atoms with van der Waals surface area (Å²) in [6.45, 7) is 6.47. The molecule has 8 heteroatoms. The van der Waals surface area contributed by atoms with E-state index in [1.165, 1.54) is 5.01 Å². The first-order valence-corrected chi connectivity index (χ1v) is 10.3. The van der Waals surface area contributed by atoms with Gasteiger partial charge in [-0.1, -0.05) is 30.3 Å². The summed E-state index contributed by atoms with van der Waals surface area (Å²) in [5.41, 5.74) is 1.29. The zero-order chi connectivity index (χ0) is 21.7. The van der Waals surface area contributed by atoms with Crippen LogP contribution in [0.2, 0.25) is 0 Å². The van der Waals surface area contributed by atoms with E-state index in [1.807, 2.05) is 51.1 Å². The van der Waals surface area contributed by atoms with E-state index in [-0.39, 0.29) is 24.5 Å². The van der Waals surface area contributed by atoms with E-state index >= 15 is 0 Å². The molecular formula is C22H29N3O5. The molecule has 30 heavy (non-hydrogen) atoms. The van der Waals surface area contributed by atoms with Crippen LogP contribution >= 0.6 is 0 Å². The van der Waals surface area contributed by atoms with Crippen LogP contribution in [0.4, 0.5) is 4.79 Å². The first-order valence-electron chi connectivity index (χ1n) is 10.3. The Labute approximate surface area is 176 Å². The fourth-order valence-electron chi connectivity index (χ4n) is 3.42. The van der Waals surface area contributed by atoms with Crippen molar-refractivity contribution in [3.63, 3.8) is 0 Å². The van der Waals surface area contributed by atoms with Crippen LogP contribution in [0.1, 0.15) is 45.6 Å². The van der Waals surface area contributed by atoms with Crippen LogP contribution in [-0.4, -0.2) is 65.4 Å². The van der Waals surface area contributed by atoms with Crippen LogP contribution in [0.25, 0.3) is 0 Å². The quantitative estimate of drug-likeness (QED) is 0.706. The summed E-state index contributed by atoms with van der Waals surface area (Å²) in [7, 11) is 0. The van der Waals surface area contributed by atoms with Crippen molar-refractivity contribution in [1.82, 2.24) is 9.91 Å². The Morgan fingerprint density at radius 2 is 1.73 bits per heavy atom. The van der Waals surface area contributed by atoms with E-state index in [9.17, 15) is 14.4 Å². The zero-order valence-electron chi connectivity index (χ0n) is 17.8. The summed E-state index contributed by atoms with van der Waals surface area (Å²) >= 11 is 0. The summed E-state index contributed by atoms with van der Waals surface area (Å²) in [6, 6.07) is 9.70. The Morgan fingerprint density at radius 3 is 2.37 bits per heavy atom. The van der Waals surface area contributed by atoms with Crippen LogP contribution in [0, 0.1) is 5.92 Å². The molecule has 0 aliphatic carbocycles. The minimum absolute atomic E-state index is 0.321. The normalized spacial score (nSPS) is 17.5. The minimum atomic E-state index is -0.550. The number of ether oxygens (including phenoxy) is 2. The van der Waals surface area contributed by atoms with Gasteiger partial charge in [-0.05, 0) is 39.2 Å². The number of rotatable bonds is 4. The highest BCUT2D eigenvalue weighted by Crippen LogP contribution is 2.21. The van der Waals surface area contributed by atoms with Crippen molar-refractivity contribution >= 4 is 23.7 Å². The number of piperidine rings is 1. The molecule has 2 aliphatic rings. The first kappa shape index (κ1) is 21.8. The van der Waals surface area contributed by atoms with Gasteiger partial charge in [0.25, 0.3) is 5.91 Å². The second-order valence-corrected chi connectivity index (χ2v) is 8.53. The highest BCUT2D eigenvalue weighted by atomic mass is 16.6. The van der Waals surface area contributed by atoms with E-state index in [0.717, 1.165) is 11.3 Å². The van der Waals surface area contributed by atoms with Gasteiger partial charge in [-0.25, -0.2) is 9.80 Å². The summed E-state index contributed by atoms with van der Waals surface area (Å²) < 4.78 is 10.6. The molecule has 0 aromatic heterocycles. The van der Waals surface area contributed by atoms with Gasteiger partial charge in [-0.3, -0.25) is 9.59 Å². The lowest BCUT2D eigenvalue weighted by Crippen LogP contribution is -2.43. The van der Waals surface area contributed by atoms with Crippen molar-refractivity contribution in [3.8, 4) is 0 Å². The van der Waals surface area contributed by atoms with Crippen molar-refractivity contribution in [3.05, 3.63) is 35.9 Å². The predicted octanol–water partition coefficient (Wildman–Crippen LogP) is 2.81. The number of carbonyl (C=O) groups excluding carboxylic acids is 3. The van der Waals surface area contributed by atoms with Crippen molar-refractivity contribution in [2.45, 2.75) is 45.6 Å². The third-order valence-corrected chi connectivity index (χ3v) is 5.01. The van der Waals surface area contributed by atoms with Gasteiger partial charge in [0, 0.05) is 19.5 Å². The maximum Gasteiger partial charge on any atom is 0.410 e. The van der Waals surface area contributed by atoms with E-state index in [1.54, 1.807) is 4.90 Å². The van der Waals surface area contributed by atoms with Gasteiger partial charge in [0.15, 0.2) is 6.61 Å². The molecule has 0 bridgehead atoms. The second kappa shape index (κ2) is 9.28. The Kier molecular flexibility index (Phi) is 6.74. The number of nitrogens with zero attached hydrogens (tertiary/aromatic N) is 3. The number of esters is 1. The Balaban J connectivity index is 1.42. The van der Waals surface area contributed by atoms with Gasteiger partial charge in [-0.2, -0.15) is 5.10 Å². The number of hydrazone groups is 1. The maximum absolute atomic E-state index is 12.4. The number of hydrogen-bond donors (Lipinski definition) is 0. The monoisotopic (exact) mass is 415 g/mol. The van der Waals surface area contributed by atoms with Gasteiger partial charge >= 0.3 is 12.1 Å². The lowest BCUT2D eigenvalue weighted by molar-refractivity contribution is -0.156. The van der Waals surface area contributed by atoms with Crippen LogP contribution in [0.5, 0.6) is 0 Å². The van der Waals surface area contributed by atoms with Gasteiger partial charge in [0.2, 0.25) is 0 Å². The molecule has 0 radical (unpaired) electrons. The average molecular weight is 415 g/mol. The SMILES string of the molecule is CC(C)(C)OC(=O)N1CCC(C(=O)OCC(=O)N2CCC(c3ccccc3)=N2)CC1. The number of hydrogen-bond acceptors (Lipinski definition) is 6. The zero-order valence-corrected chi connectivity index (χ0v) is 17.8. The highest BCUT2D eigenvalue weighted by Gasteiger charge is 2.31. The van der Waals surface area contributed by atoms with Gasteiger partial charge in [-0.15, -0.1) is 0 Å².